The molecule has 0 amide bonds. The highest BCUT2D eigenvalue weighted by molar-refractivity contribution is 5.97. The van der Waals surface area contributed by atoms with E-state index in [1.165, 1.54) is 12.3 Å². The van der Waals surface area contributed by atoms with Gasteiger partial charge >= 0.3 is 0 Å². The van der Waals surface area contributed by atoms with Gasteiger partial charge in [0.1, 0.15) is 17.0 Å². The summed E-state index contributed by atoms with van der Waals surface area (Å²) in [5.74, 6) is 0.242. The lowest BCUT2D eigenvalue weighted by molar-refractivity contribution is 0.481. The fourth-order valence-electron chi connectivity index (χ4n) is 1.71. The van der Waals surface area contributed by atoms with Crippen LogP contribution in [0.4, 0.5) is 5.69 Å². The SMILES string of the molecule is C=Nc1c(/C(O)=C\C)ccc2c(O)ccnc12. The Kier molecular flexibility index (Phi) is 2.78. The molecule has 2 aromatic rings. The van der Waals surface area contributed by atoms with Crippen molar-refractivity contribution in [2.45, 2.75) is 6.92 Å². The minimum Gasteiger partial charge on any atom is -0.508 e. The van der Waals surface area contributed by atoms with Gasteiger partial charge in [0.25, 0.3) is 0 Å². The maximum Gasteiger partial charge on any atom is 0.126 e. The highest BCUT2D eigenvalue weighted by Gasteiger charge is 2.12. The van der Waals surface area contributed by atoms with Gasteiger partial charge in [-0.1, -0.05) is 0 Å². The molecule has 0 saturated carbocycles. The van der Waals surface area contributed by atoms with E-state index in [4.69, 9.17) is 0 Å². The normalized spacial score (nSPS) is 11.7. The topological polar surface area (TPSA) is 65.7 Å². The molecule has 0 saturated heterocycles. The van der Waals surface area contributed by atoms with Gasteiger partial charge in [0.05, 0.1) is 5.69 Å². The zero-order valence-electron chi connectivity index (χ0n) is 9.38. The number of pyridine rings is 1. The van der Waals surface area contributed by atoms with Crippen molar-refractivity contribution in [3.8, 4) is 5.75 Å². The fraction of sp³-hybridized carbons (Fsp3) is 0.0769. The number of hydrogen-bond donors (Lipinski definition) is 2. The summed E-state index contributed by atoms with van der Waals surface area (Å²) in [5, 5.41) is 20.0. The Morgan fingerprint density at radius 2 is 2.18 bits per heavy atom. The molecule has 0 unspecified atom stereocenters. The molecular formula is C13H12N2O2. The van der Waals surface area contributed by atoms with Crippen LogP contribution in [0.25, 0.3) is 16.7 Å². The third kappa shape index (κ3) is 1.73. The van der Waals surface area contributed by atoms with Crippen LogP contribution in [0.1, 0.15) is 12.5 Å². The molecule has 0 fully saturated rings. The first kappa shape index (κ1) is 11.1. The Hall–Kier alpha value is -2.36. The summed E-state index contributed by atoms with van der Waals surface area (Å²) in [6.45, 7) is 5.20. The summed E-state index contributed by atoms with van der Waals surface area (Å²) in [6, 6.07) is 4.88. The Bertz CT molecular complexity index is 618. The van der Waals surface area contributed by atoms with Gasteiger partial charge in [-0.25, -0.2) is 0 Å². The Morgan fingerprint density at radius 1 is 1.41 bits per heavy atom. The number of aromatic hydroxyl groups is 1. The predicted octanol–water partition coefficient (Wildman–Crippen LogP) is 3.19. The van der Waals surface area contributed by atoms with Crippen molar-refractivity contribution in [3.63, 3.8) is 0 Å². The molecule has 2 N–H and O–H groups in total. The number of aromatic nitrogens is 1. The molecule has 0 radical (unpaired) electrons. The zero-order chi connectivity index (χ0) is 12.4. The number of hydrogen-bond acceptors (Lipinski definition) is 4. The summed E-state index contributed by atoms with van der Waals surface area (Å²) >= 11 is 0. The molecule has 1 aromatic heterocycles. The summed E-state index contributed by atoms with van der Waals surface area (Å²) in [5.41, 5.74) is 1.54. The van der Waals surface area contributed by atoms with Gasteiger partial charge in [-0.3, -0.25) is 9.98 Å². The fourth-order valence-corrected chi connectivity index (χ4v) is 1.71. The van der Waals surface area contributed by atoms with Crippen LogP contribution in [0.15, 0.2) is 35.5 Å². The van der Waals surface area contributed by atoms with Gasteiger partial charge in [0, 0.05) is 17.1 Å². The average Bonchev–Trinajstić information content (AvgIpc) is 2.37. The van der Waals surface area contributed by atoms with Crippen LogP contribution < -0.4 is 0 Å². The smallest absolute Gasteiger partial charge is 0.126 e. The van der Waals surface area contributed by atoms with Crippen molar-refractivity contribution in [2.24, 2.45) is 4.99 Å². The summed E-state index contributed by atoms with van der Waals surface area (Å²) in [6.07, 6.45) is 3.06. The van der Waals surface area contributed by atoms with Crippen molar-refractivity contribution in [3.05, 3.63) is 36.0 Å². The number of benzene rings is 1. The third-order valence-electron chi connectivity index (χ3n) is 2.57. The summed E-state index contributed by atoms with van der Waals surface area (Å²) in [4.78, 5) is 8.04. The van der Waals surface area contributed by atoms with Gasteiger partial charge in [0.2, 0.25) is 0 Å². The lowest BCUT2D eigenvalue weighted by Gasteiger charge is -2.08. The monoisotopic (exact) mass is 228 g/mol. The molecule has 4 heteroatoms. The molecule has 1 heterocycles. The van der Waals surface area contributed by atoms with Gasteiger partial charge in [-0.15, -0.1) is 0 Å². The van der Waals surface area contributed by atoms with Crippen LogP contribution in [-0.4, -0.2) is 21.9 Å². The highest BCUT2D eigenvalue weighted by Crippen LogP contribution is 2.35. The van der Waals surface area contributed by atoms with Crippen molar-refractivity contribution >= 4 is 29.1 Å². The largest absolute Gasteiger partial charge is 0.508 e. The minimum absolute atomic E-state index is 0.111. The second-order valence-electron chi connectivity index (χ2n) is 3.52. The van der Waals surface area contributed by atoms with E-state index in [9.17, 15) is 10.2 Å². The van der Waals surface area contributed by atoms with Gasteiger partial charge < -0.3 is 10.2 Å². The molecule has 0 aliphatic rings. The molecule has 0 aliphatic carbocycles. The molecule has 0 aliphatic heterocycles. The van der Waals surface area contributed by atoms with Crippen LogP contribution in [0.2, 0.25) is 0 Å². The third-order valence-corrected chi connectivity index (χ3v) is 2.57. The van der Waals surface area contributed by atoms with Gasteiger partial charge in [0.15, 0.2) is 0 Å². The number of aliphatic imine (C=N–C) groups is 1. The quantitative estimate of drug-likeness (QED) is 0.612. The van der Waals surface area contributed by atoms with E-state index < -0.39 is 0 Å². The molecule has 86 valence electrons. The van der Waals surface area contributed by atoms with Gasteiger partial charge in [-0.05, 0) is 37.9 Å². The molecule has 17 heavy (non-hydrogen) atoms. The lowest BCUT2D eigenvalue weighted by atomic mass is 10.1. The van der Waals surface area contributed by atoms with Crippen molar-refractivity contribution < 1.29 is 10.2 Å². The highest BCUT2D eigenvalue weighted by atomic mass is 16.3. The molecule has 1 aromatic carbocycles. The molecule has 0 bridgehead atoms. The maximum absolute atomic E-state index is 9.75. The Labute approximate surface area is 98.6 Å². The second kappa shape index (κ2) is 4.25. The van der Waals surface area contributed by atoms with Crippen molar-refractivity contribution in [1.82, 2.24) is 4.98 Å². The number of nitrogens with zero attached hydrogens (tertiary/aromatic N) is 2. The Morgan fingerprint density at radius 3 is 2.82 bits per heavy atom. The summed E-state index contributed by atoms with van der Waals surface area (Å²) in [7, 11) is 0. The number of aliphatic hydroxyl groups excluding tert-OH is 1. The van der Waals surface area contributed by atoms with E-state index in [0.717, 1.165) is 0 Å². The van der Waals surface area contributed by atoms with Crippen LogP contribution in [0.3, 0.4) is 0 Å². The van der Waals surface area contributed by atoms with Crippen LogP contribution >= 0.6 is 0 Å². The second-order valence-corrected chi connectivity index (χ2v) is 3.52. The lowest BCUT2D eigenvalue weighted by Crippen LogP contribution is -1.88. The van der Waals surface area contributed by atoms with E-state index in [-0.39, 0.29) is 11.5 Å². The molecular weight excluding hydrogens is 216 g/mol. The molecule has 0 atom stereocenters. The van der Waals surface area contributed by atoms with Crippen LogP contribution in [0.5, 0.6) is 5.75 Å². The minimum atomic E-state index is 0.111. The van der Waals surface area contributed by atoms with E-state index in [1.807, 2.05) is 0 Å². The van der Waals surface area contributed by atoms with Crippen LogP contribution in [0, 0.1) is 0 Å². The molecule has 0 spiro atoms. The van der Waals surface area contributed by atoms with E-state index >= 15 is 0 Å². The number of aliphatic hydroxyl groups is 1. The van der Waals surface area contributed by atoms with Crippen molar-refractivity contribution in [1.29, 1.82) is 0 Å². The van der Waals surface area contributed by atoms with E-state index in [0.29, 0.717) is 22.2 Å². The number of rotatable bonds is 2. The number of allylic oxidation sites excluding steroid dienone is 1. The first-order chi connectivity index (χ1) is 8.19. The Balaban J connectivity index is 2.87. The zero-order valence-corrected chi connectivity index (χ0v) is 9.38. The standard InChI is InChI=1S/C13H12N2O2/c1-3-10(16)8-4-5-9-11(17)6-7-15-13(9)12(8)14-2/h3-7,16H,2H2,1H3,(H,15,17)/b10-3+. The maximum atomic E-state index is 9.75. The van der Waals surface area contributed by atoms with E-state index in [1.54, 1.807) is 25.1 Å². The van der Waals surface area contributed by atoms with Crippen molar-refractivity contribution in [2.75, 3.05) is 0 Å². The first-order valence-electron chi connectivity index (χ1n) is 5.12. The molecule has 2 rings (SSSR count). The first-order valence-corrected chi connectivity index (χ1v) is 5.12. The average molecular weight is 228 g/mol. The van der Waals surface area contributed by atoms with E-state index in [2.05, 4.69) is 16.7 Å². The van der Waals surface area contributed by atoms with Gasteiger partial charge in [-0.2, -0.15) is 0 Å². The predicted molar refractivity (Wildman–Crippen MR) is 68.9 cm³/mol. The summed E-state index contributed by atoms with van der Waals surface area (Å²) < 4.78 is 0. The number of fused-ring (bicyclic) bond motifs is 1. The molecule has 4 nitrogen and oxygen atoms in total. The van der Waals surface area contributed by atoms with Crippen LogP contribution in [-0.2, 0) is 0 Å².